The molecule has 40 heavy (non-hydrogen) atoms. The number of Topliss-reactive ketones (excluding diaryl/α,β-unsaturated/α-hetero) is 1. The molecule has 0 spiro atoms. The Morgan fingerprint density at radius 3 is 2.25 bits per heavy atom. The Morgan fingerprint density at radius 1 is 0.975 bits per heavy atom. The molecule has 9 nitrogen and oxygen atoms in total. The lowest BCUT2D eigenvalue weighted by Gasteiger charge is -2.41. The summed E-state index contributed by atoms with van der Waals surface area (Å²) in [5.74, 6) is -0.671. The SMILES string of the molecule is COc1ccc(C[C@H](NC(=O)[C@@H](C)NC(=O)C2CCCC2)C(=O)N[C@@]2(Cc3ccccc3)C(=O)[C@]3(C)OC23)cc1. The number of carbonyl (C=O) groups is 4. The number of benzene rings is 2. The molecule has 2 saturated carbocycles. The minimum absolute atomic E-state index is 0.0797. The molecule has 0 radical (unpaired) electrons. The normalized spacial score (nSPS) is 26.6. The van der Waals surface area contributed by atoms with Gasteiger partial charge in [0.2, 0.25) is 17.7 Å². The first-order valence-electron chi connectivity index (χ1n) is 14.0. The van der Waals surface area contributed by atoms with E-state index in [0.29, 0.717) is 5.75 Å². The quantitative estimate of drug-likeness (QED) is 0.371. The largest absolute Gasteiger partial charge is 0.497 e. The number of hydrogen-bond acceptors (Lipinski definition) is 6. The number of ketones is 1. The molecule has 1 heterocycles. The van der Waals surface area contributed by atoms with E-state index in [1.165, 1.54) is 0 Å². The van der Waals surface area contributed by atoms with Crippen molar-refractivity contribution in [3.63, 3.8) is 0 Å². The molecule has 0 aromatic heterocycles. The standard InChI is InChI=1S/C31H37N3O6/c1-19(32-26(36)22-11-7-8-12-22)25(35)33-24(17-20-13-15-23(39-3)16-14-20)27(37)34-31(18-21-9-5-4-6-10-21)28(38)30(2)29(31)40-30/h4-6,9-10,13-16,19,22,24,29H,7-8,11-12,17-18H2,1-3H3,(H,32,36)(H,33,35)(H,34,37)/t19-,24+,29?,30+,31+/m1/s1. The summed E-state index contributed by atoms with van der Waals surface area (Å²) in [6.45, 7) is 3.35. The maximum absolute atomic E-state index is 13.8. The van der Waals surface area contributed by atoms with Gasteiger partial charge in [0.05, 0.1) is 7.11 Å². The maximum Gasteiger partial charge on any atom is 0.243 e. The molecule has 5 rings (SSSR count). The fraction of sp³-hybridized carbons (Fsp3) is 0.484. The van der Waals surface area contributed by atoms with Crippen molar-refractivity contribution in [2.75, 3.05) is 7.11 Å². The number of rotatable bonds is 11. The topological polar surface area (TPSA) is 126 Å². The molecule has 1 aliphatic heterocycles. The minimum Gasteiger partial charge on any atom is -0.497 e. The van der Waals surface area contributed by atoms with E-state index in [-0.39, 0.29) is 30.4 Å². The van der Waals surface area contributed by atoms with Crippen molar-refractivity contribution in [2.24, 2.45) is 5.92 Å². The van der Waals surface area contributed by atoms with Crippen LogP contribution in [0.2, 0.25) is 0 Å². The summed E-state index contributed by atoms with van der Waals surface area (Å²) in [7, 11) is 1.57. The fourth-order valence-corrected chi connectivity index (χ4v) is 6.09. The Bertz CT molecular complexity index is 1280. The molecule has 3 N–H and O–H groups in total. The van der Waals surface area contributed by atoms with Gasteiger partial charge < -0.3 is 25.4 Å². The average molecular weight is 548 g/mol. The second-order valence-electron chi connectivity index (χ2n) is 11.4. The summed E-state index contributed by atoms with van der Waals surface area (Å²) in [6, 6.07) is 14.9. The highest BCUT2D eigenvalue weighted by Gasteiger charge is 2.83. The number of fused-ring (bicyclic) bond motifs is 1. The van der Waals surface area contributed by atoms with Gasteiger partial charge in [0.1, 0.15) is 29.5 Å². The number of hydrogen-bond donors (Lipinski definition) is 3. The zero-order valence-electron chi connectivity index (χ0n) is 23.2. The Kier molecular flexibility index (Phi) is 7.68. The molecule has 3 amide bonds. The van der Waals surface area contributed by atoms with Crippen LogP contribution >= 0.6 is 0 Å². The summed E-state index contributed by atoms with van der Waals surface area (Å²) in [6.07, 6.45) is 3.70. The monoisotopic (exact) mass is 547 g/mol. The molecular formula is C31H37N3O6. The van der Waals surface area contributed by atoms with Gasteiger partial charge in [0, 0.05) is 18.8 Å². The second-order valence-corrected chi connectivity index (χ2v) is 11.4. The molecule has 2 aromatic carbocycles. The van der Waals surface area contributed by atoms with Gasteiger partial charge in [-0.05, 0) is 49.9 Å². The van der Waals surface area contributed by atoms with Crippen LogP contribution in [0.3, 0.4) is 0 Å². The van der Waals surface area contributed by atoms with Crippen molar-refractivity contribution in [3.05, 3.63) is 65.7 Å². The van der Waals surface area contributed by atoms with Crippen LogP contribution in [0.25, 0.3) is 0 Å². The molecule has 0 bridgehead atoms. The first-order chi connectivity index (χ1) is 19.2. The van der Waals surface area contributed by atoms with E-state index in [1.807, 2.05) is 42.5 Å². The lowest BCUT2D eigenvalue weighted by molar-refractivity contribution is -0.140. The molecule has 5 atom stereocenters. The first kappa shape index (κ1) is 27.8. The third-order valence-corrected chi connectivity index (χ3v) is 8.49. The smallest absolute Gasteiger partial charge is 0.243 e. The lowest BCUT2D eigenvalue weighted by atomic mass is 9.64. The molecule has 9 heteroatoms. The summed E-state index contributed by atoms with van der Waals surface area (Å²) < 4.78 is 11.0. The van der Waals surface area contributed by atoms with E-state index in [4.69, 9.17) is 9.47 Å². The highest BCUT2D eigenvalue weighted by molar-refractivity contribution is 6.10. The van der Waals surface area contributed by atoms with Gasteiger partial charge in [-0.25, -0.2) is 0 Å². The van der Waals surface area contributed by atoms with Gasteiger partial charge in [-0.3, -0.25) is 19.2 Å². The van der Waals surface area contributed by atoms with Gasteiger partial charge in [-0.1, -0.05) is 55.3 Å². The number of ether oxygens (including phenoxy) is 2. The van der Waals surface area contributed by atoms with Crippen LogP contribution in [0.15, 0.2) is 54.6 Å². The molecule has 3 aliphatic rings. The first-order valence-corrected chi connectivity index (χ1v) is 14.0. The van der Waals surface area contributed by atoms with E-state index in [2.05, 4.69) is 16.0 Å². The Labute approximate surface area is 234 Å². The van der Waals surface area contributed by atoms with Crippen LogP contribution < -0.4 is 20.7 Å². The van der Waals surface area contributed by atoms with E-state index in [1.54, 1.807) is 33.1 Å². The fourth-order valence-electron chi connectivity index (χ4n) is 6.09. The molecule has 212 valence electrons. The average Bonchev–Trinajstić information content (AvgIpc) is 3.30. The van der Waals surface area contributed by atoms with Gasteiger partial charge in [0.15, 0.2) is 11.4 Å². The van der Waals surface area contributed by atoms with Crippen molar-refractivity contribution in [1.82, 2.24) is 16.0 Å². The molecular weight excluding hydrogens is 510 g/mol. The number of amides is 3. The van der Waals surface area contributed by atoms with Gasteiger partial charge in [-0.15, -0.1) is 0 Å². The Balaban J connectivity index is 1.33. The third-order valence-electron chi connectivity index (χ3n) is 8.49. The van der Waals surface area contributed by atoms with Crippen LogP contribution in [0, 0.1) is 5.92 Å². The highest BCUT2D eigenvalue weighted by atomic mass is 16.6. The van der Waals surface area contributed by atoms with Crippen LogP contribution in [0.4, 0.5) is 0 Å². The third kappa shape index (κ3) is 5.35. The van der Waals surface area contributed by atoms with Crippen LogP contribution in [-0.2, 0) is 36.8 Å². The van der Waals surface area contributed by atoms with Crippen molar-refractivity contribution in [2.45, 2.75) is 81.7 Å². The number of carbonyl (C=O) groups excluding carboxylic acids is 4. The molecule has 3 fully saturated rings. The molecule has 1 saturated heterocycles. The van der Waals surface area contributed by atoms with Gasteiger partial charge in [0.25, 0.3) is 0 Å². The number of methoxy groups -OCH3 is 1. The molecule has 2 aromatic rings. The van der Waals surface area contributed by atoms with Gasteiger partial charge >= 0.3 is 0 Å². The zero-order valence-corrected chi connectivity index (χ0v) is 23.2. The molecule has 2 aliphatic carbocycles. The predicted octanol–water partition coefficient (Wildman–Crippen LogP) is 2.26. The van der Waals surface area contributed by atoms with Crippen molar-refractivity contribution in [3.8, 4) is 5.75 Å². The van der Waals surface area contributed by atoms with Crippen molar-refractivity contribution >= 4 is 23.5 Å². The maximum atomic E-state index is 13.8. The summed E-state index contributed by atoms with van der Waals surface area (Å²) in [4.78, 5) is 53.0. The number of nitrogens with one attached hydrogen (secondary N) is 3. The lowest BCUT2D eigenvalue weighted by Crippen LogP contribution is -2.73. The predicted molar refractivity (Wildman–Crippen MR) is 147 cm³/mol. The van der Waals surface area contributed by atoms with E-state index in [0.717, 1.165) is 36.8 Å². The number of epoxide rings is 1. The van der Waals surface area contributed by atoms with Crippen LogP contribution in [-0.4, -0.2) is 59.9 Å². The van der Waals surface area contributed by atoms with E-state index >= 15 is 0 Å². The summed E-state index contributed by atoms with van der Waals surface area (Å²) in [5, 5.41) is 8.61. The van der Waals surface area contributed by atoms with Crippen molar-refractivity contribution in [1.29, 1.82) is 0 Å². The van der Waals surface area contributed by atoms with E-state index < -0.39 is 41.1 Å². The van der Waals surface area contributed by atoms with Crippen molar-refractivity contribution < 1.29 is 28.7 Å². The molecule has 1 unspecified atom stereocenters. The van der Waals surface area contributed by atoms with Crippen LogP contribution in [0.5, 0.6) is 5.75 Å². The minimum atomic E-state index is -1.21. The second kappa shape index (κ2) is 11.0. The van der Waals surface area contributed by atoms with Crippen LogP contribution in [0.1, 0.15) is 50.7 Å². The van der Waals surface area contributed by atoms with Gasteiger partial charge in [-0.2, -0.15) is 0 Å². The Morgan fingerprint density at radius 2 is 1.65 bits per heavy atom. The zero-order chi connectivity index (χ0) is 28.5. The van der Waals surface area contributed by atoms with E-state index in [9.17, 15) is 19.2 Å². The highest BCUT2D eigenvalue weighted by Crippen LogP contribution is 2.57. The summed E-state index contributed by atoms with van der Waals surface area (Å²) >= 11 is 0. The Hall–Kier alpha value is -3.72. The summed E-state index contributed by atoms with van der Waals surface area (Å²) in [5.41, 5.74) is -0.394.